The molecule has 1 N–H and O–H groups in total. The molecular weight excluding hydrogens is 403 g/mol. The monoisotopic (exact) mass is 426 g/mol. The highest BCUT2D eigenvalue weighted by molar-refractivity contribution is 7.80. The zero-order valence-electron chi connectivity index (χ0n) is 16.2. The summed E-state index contributed by atoms with van der Waals surface area (Å²) in [5.41, 5.74) is 0.843. The fourth-order valence-electron chi connectivity index (χ4n) is 3.29. The molecule has 1 atom stereocenters. The van der Waals surface area contributed by atoms with Crippen molar-refractivity contribution in [3.8, 4) is 0 Å². The predicted molar refractivity (Wildman–Crippen MR) is 108 cm³/mol. The van der Waals surface area contributed by atoms with Crippen LogP contribution in [-0.2, 0) is 14.2 Å². The van der Waals surface area contributed by atoms with Gasteiger partial charge in [0.25, 0.3) is 5.17 Å². The van der Waals surface area contributed by atoms with Crippen molar-refractivity contribution >= 4 is 41.0 Å². The van der Waals surface area contributed by atoms with Crippen LogP contribution in [0.15, 0.2) is 18.2 Å². The number of halogens is 1. The number of ether oxygens (including phenoxy) is 3. The number of methoxy groups -OCH3 is 2. The lowest BCUT2D eigenvalue weighted by Crippen LogP contribution is -2.49. The molecule has 0 radical (unpaired) electrons. The van der Waals surface area contributed by atoms with Crippen molar-refractivity contribution in [3.63, 3.8) is 0 Å². The number of rotatable bonds is 4. The molecule has 0 aromatic heterocycles. The first kappa shape index (κ1) is 20.9. The predicted octanol–water partition coefficient (Wildman–Crippen LogP) is 1.56. The van der Waals surface area contributed by atoms with Crippen molar-refractivity contribution in [2.45, 2.75) is 6.10 Å². The van der Waals surface area contributed by atoms with Crippen molar-refractivity contribution < 1.29 is 28.2 Å². The Bertz CT molecular complexity index is 788. The van der Waals surface area contributed by atoms with Gasteiger partial charge >= 0.3 is 12.2 Å². The number of hydrogen-bond donors (Lipinski definition) is 1. The summed E-state index contributed by atoms with van der Waals surface area (Å²) >= 11 is 4.89. The molecule has 9 nitrogen and oxygen atoms in total. The summed E-state index contributed by atoms with van der Waals surface area (Å²) in [6, 6.07) is 4.64. The number of thiocarbonyl (C=S) groups is 1. The normalized spacial score (nSPS) is 19.1. The quantitative estimate of drug-likeness (QED) is 0.727. The number of benzene rings is 1. The standard InChI is InChI=1S/C18H23FN4O5S/c1-26-16(29)20-10-13-11-23(18(25)28-13)12-3-4-15(14(19)9-12)21-5-7-22(8-6-21)17(24)27-2/h3-4,9,13H,5-8,10-11H2,1-2H3,(H,20,29). The van der Waals surface area contributed by atoms with Crippen LogP contribution in [0.25, 0.3) is 0 Å². The number of cyclic esters (lactones) is 1. The second kappa shape index (κ2) is 9.12. The maximum Gasteiger partial charge on any atom is 0.414 e. The minimum Gasteiger partial charge on any atom is -0.474 e. The Morgan fingerprint density at radius 1 is 1.28 bits per heavy atom. The van der Waals surface area contributed by atoms with E-state index in [0.29, 0.717) is 44.1 Å². The number of anilines is 2. The summed E-state index contributed by atoms with van der Waals surface area (Å²) in [7, 11) is 2.78. The van der Waals surface area contributed by atoms with E-state index in [2.05, 4.69) is 5.32 Å². The number of hydrogen-bond acceptors (Lipinski definition) is 7. The molecule has 2 amide bonds. The van der Waals surface area contributed by atoms with Gasteiger partial charge in [-0.15, -0.1) is 0 Å². The first-order valence-corrected chi connectivity index (χ1v) is 9.51. The molecule has 0 bridgehead atoms. The topological polar surface area (TPSA) is 83.6 Å². The molecule has 1 aromatic rings. The van der Waals surface area contributed by atoms with Gasteiger partial charge in [-0.2, -0.15) is 0 Å². The summed E-state index contributed by atoms with van der Waals surface area (Å²) in [6.45, 7) is 2.46. The minimum atomic E-state index is -0.543. The Balaban J connectivity index is 1.62. The Hall–Kier alpha value is -2.82. The van der Waals surface area contributed by atoms with E-state index < -0.39 is 18.0 Å². The van der Waals surface area contributed by atoms with Gasteiger partial charge in [0.1, 0.15) is 11.9 Å². The van der Waals surface area contributed by atoms with E-state index >= 15 is 0 Å². The molecule has 2 saturated heterocycles. The molecule has 29 heavy (non-hydrogen) atoms. The van der Waals surface area contributed by atoms with Gasteiger partial charge < -0.3 is 29.3 Å². The summed E-state index contributed by atoms with van der Waals surface area (Å²) in [5, 5.41) is 3.04. The SMILES string of the molecule is COC(=O)N1CCN(c2ccc(N3CC(CNC(=S)OC)OC3=O)cc2F)CC1. The third kappa shape index (κ3) is 4.78. The van der Waals surface area contributed by atoms with Crippen LogP contribution in [0.5, 0.6) is 0 Å². The highest BCUT2D eigenvalue weighted by Gasteiger charge is 2.33. The molecular formula is C18H23FN4O5S. The highest BCUT2D eigenvalue weighted by Crippen LogP contribution is 2.28. The number of amides is 2. The third-order valence-electron chi connectivity index (χ3n) is 4.83. The smallest absolute Gasteiger partial charge is 0.414 e. The van der Waals surface area contributed by atoms with E-state index in [9.17, 15) is 14.0 Å². The summed E-state index contributed by atoms with van der Waals surface area (Å²) in [6.07, 6.45) is -1.35. The molecule has 0 spiro atoms. The molecule has 0 saturated carbocycles. The maximum atomic E-state index is 14.8. The van der Waals surface area contributed by atoms with Crippen LogP contribution in [0.1, 0.15) is 0 Å². The Kier molecular flexibility index (Phi) is 6.57. The fraction of sp³-hybridized carbons (Fsp3) is 0.500. The van der Waals surface area contributed by atoms with Crippen molar-refractivity contribution in [1.82, 2.24) is 10.2 Å². The van der Waals surface area contributed by atoms with Crippen LogP contribution in [0.2, 0.25) is 0 Å². The summed E-state index contributed by atoms with van der Waals surface area (Å²) in [4.78, 5) is 28.5. The van der Waals surface area contributed by atoms with Crippen LogP contribution in [-0.4, -0.2) is 81.9 Å². The Morgan fingerprint density at radius 3 is 2.62 bits per heavy atom. The van der Waals surface area contributed by atoms with E-state index in [1.54, 1.807) is 17.0 Å². The molecule has 2 aliphatic rings. The van der Waals surface area contributed by atoms with E-state index in [4.69, 9.17) is 26.4 Å². The average molecular weight is 426 g/mol. The van der Waals surface area contributed by atoms with Gasteiger partial charge in [-0.3, -0.25) is 4.90 Å². The second-order valence-corrected chi connectivity index (χ2v) is 6.94. The van der Waals surface area contributed by atoms with Crippen LogP contribution >= 0.6 is 12.2 Å². The number of nitrogens with zero attached hydrogens (tertiary/aromatic N) is 3. The van der Waals surface area contributed by atoms with Gasteiger partial charge in [0.15, 0.2) is 0 Å². The first-order valence-electron chi connectivity index (χ1n) is 9.10. The van der Waals surface area contributed by atoms with Crippen LogP contribution in [0.4, 0.5) is 25.4 Å². The Labute approximate surface area is 173 Å². The van der Waals surface area contributed by atoms with Crippen LogP contribution in [0, 0.1) is 5.82 Å². The van der Waals surface area contributed by atoms with E-state index in [1.165, 1.54) is 25.2 Å². The van der Waals surface area contributed by atoms with Gasteiger partial charge in [-0.05, 0) is 30.4 Å². The molecule has 3 rings (SSSR count). The largest absolute Gasteiger partial charge is 0.474 e. The van der Waals surface area contributed by atoms with Crippen molar-refractivity contribution in [2.24, 2.45) is 0 Å². The number of nitrogens with one attached hydrogen (secondary N) is 1. The zero-order chi connectivity index (χ0) is 21.0. The number of carbonyl (C=O) groups is 2. The van der Waals surface area contributed by atoms with Gasteiger partial charge in [-0.1, -0.05) is 0 Å². The average Bonchev–Trinajstić information content (AvgIpc) is 3.12. The summed E-state index contributed by atoms with van der Waals surface area (Å²) < 4.78 is 29.6. The number of piperazine rings is 1. The lowest BCUT2D eigenvalue weighted by atomic mass is 10.2. The third-order valence-corrected chi connectivity index (χ3v) is 5.14. The maximum absolute atomic E-state index is 14.8. The van der Waals surface area contributed by atoms with E-state index in [1.807, 2.05) is 4.90 Å². The number of carbonyl (C=O) groups excluding carboxylic acids is 2. The molecule has 0 aliphatic carbocycles. The first-order chi connectivity index (χ1) is 13.9. The van der Waals surface area contributed by atoms with Crippen LogP contribution in [0.3, 0.4) is 0 Å². The zero-order valence-corrected chi connectivity index (χ0v) is 17.0. The van der Waals surface area contributed by atoms with Gasteiger partial charge in [0.05, 0.1) is 38.7 Å². The minimum absolute atomic E-state index is 0.210. The van der Waals surface area contributed by atoms with Crippen molar-refractivity contribution in [1.29, 1.82) is 0 Å². The second-order valence-electron chi connectivity index (χ2n) is 6.57. The van der Waals surface area contributed by atoms with Gasteiger partial charge in [-0.25, -0.2) is 14.0 Å². The molecule has 11 heteroatoms. The summed E-state index contributed by atoms with van der Waals surface area (Å²) in [5.74, 6) is -0.441. The van der Waals surface area contributed by atoms with Crippen molar-refractivity contribution in [3.05, 3.63) is 24.0 Å². The lowest BCUT2D eigenvalue weighted by molar-refractivity contribution is 0.121. The Morgan fingerprint density at radius 2 is 2.00 bits per heavy atom. The van der Waals surface area contributed by atoms with Gasteiger partial charge in [0.2, 0.25) is 0 Å². The fourth-order valence-corrected chi connectivity index (χ4v) is 3.37. The molecule has 2 heterocycles. The van der Waals surface area contributed by atoms with E-state index in [0.717, 1.165) is 0 Å². The molecule has 1 aromatic carbocycles. The van der Waals surface area contributed by atoms with Crippen LogP contribution < -0.4 is 15.1 Å². The molecule has 1 unspecified atom stereocenters. The highest BCUT2D eigenvalue weighted by atomic mass is 32.1. The molecule has 2 fully saturated rings. The lowest BCUT2D eigenvalue weighted by Gasteiger charge is -2.35. The van der Waals surface area contributed by atoms with Gasteiger partial charge in [0, 0.05) is 26.2 Å². The van der Waals surface area contributed by atoms with Crippen molar-refractivity contribution in [2.75, 3.05) is 63.3 Å². The molecule has 158 valence electrons. The van der Waals surface area contributed by atoms with E-state index in [-0.39, 0.29) is 17.8 Å². The molecule has 2 aliphatic heterocycles.